The molecule has 1 aliphatic heterocycles. The van der Waals surface area contributed by atoms with E-state index in [1.165, 1.54) is 37.8 Å². The molecule has 0 unspecified atom stereocenters. The van der Waals surface area contributed by atoms with Crippen molar-refractivity contribution < 1.29 is 4.79 Å². The number of pyridine rings is 1. The van der Waals surface area contributed by atoms with Crippen molar-refractivity contribution in [3.63, 3.8) is 0 Å². The Morgan fingerprint density at radius 1 is 0.971 bits per heavy atom. The Labute approximate surface area is 202 Å². The maximum absolute atomic E-state index is 12.8. The molecule has 6 heteroatoms. The molecule has 178 valence electrons. The van der Waals surface area contributed by atoms with Crippen LogP contribution in [0, 0.1) is 5.92 Å². The molecule has 34 heavy (non-hydrogen) atoms. The van der Waals surface area contributed by atoms with Gasteiger partial charge in [-0.05, 0) is 59.5 Å². The highest BCUT2D eigenvalue weighted by Gasteiger charge is 2.22. The highest BCUT2D eigenvalue weighted by molar-refractivity contribution is 5.94. The quantitative estimate of drug-likeness (QED) is 0.560. The van der Waals surface area contributed by atoms with E-state index in [1.54, 1.807) is 6.20 Å². The van der Waals surface area contributed by atoms with Gasteiger partial charge < -0.3 is 16.0 Å². The number of aromatic nitrogens is 1. The summed E-state index contributed by atoms with van der Waals surface area (Å²) in [5.41, 5.74) is 8.89. The van der Waals surface area contributed by atoms with Crippen LogP contribution in [0.25, 0.3) is 10.8 Å². The van der Waals surface area contributed by atoms with E-state index in [0.717, 1.165) is 55.0 Å². The summed E-state index contributed by atoms with van der Waals surface area (Å²) < 4.78 is 0. The fourth-order valence-electron chi connectivity index (χ4n) is 5.40. The number of amides is 1. The standard InChI is InChI=1S/C28H35N5O/c29-27-26-9-8-22(16-24(26)10-11-30-27)18-31-28(34)25-7-3-6-23(17-25)20-33-14-12-32(13-15-33)19-21-4-1-2-5-21/h3,6-11,16-17,21H,1-2,4-5,12-15,18-20H2,(H2,29,30)(H,31,34). The second-order valence-corrected chi connectivity index (χ2v) is 9.86. The Kier molecular flexibility index (Phi) is 7.07. The smallest absolute Gasteiger partial charge is 0.251 e. The zero-order chi connectivity index (χ0) is 23.3. The lowest BCUT2D eigenvalue weighted by molar-refractivity contribution is 0.0950. The van der Waals surface area contributed by atoms with Crippen LogP contribution in [0.2, 0.25) is 0 Å². The van der Waals surface area contributed by atoms with Crippen molar-refractivity contribution in [2.45, 2.75) is 38.8 Å². The van der Waals surface area contributed by atoms with E-state index in [1.807, 2.05) is 36.4 Å². The number of nitrogens with one attached hydrogen (secondary N) is 1. The van der Waals surface area contributed by atoms with Gasteiger partial charge in [0.05, 0.1) is 0 Å². The number of rotatable bonds is 7. The van der Waals surface area contributed by atoms with Crippen molar-refractivity contribution in [2.75, 3.05) is 38.5 Å². The van der Waals surface area contributed by atoms with Gasteiger partial charge in [-0.25, -0.2) is 4.98 Å². The highest BCUT2D eigenvalue weighted by atomic mass is 16.1. The molecule has 0 spiro atoms. The fraction of sp³-hybridized carbons (Fsp3) is 0.429. The van der Waals surface area contributed by atoms with Crippen LogP contribution in [0.15, 0.2) is 54.7 Å². The molecule has 5 rings (SSSR count). The molecule has 2 aliphatic rings. The van der Waals surface area contributed by atoms with Gasteiger partial charge in [-0.1, -0.05) is 37.1 Å². The molecule has 2 aromatic carbocycles. The second-order valence-electron chi connectivity index (χ2n) is 9.86. The number of nitrogens with zero attached hydrogens (tertiary/aromatic N) is 3. The summed E-state index contributed by atoms with van der Waals surface area (Å²) in [5.74, 6) is 1.41. The minimum Gasteiger partial charge on any atom is -0.383 e. The van der Waals surface area contributed by atoms with Gasteiger partial charge in [0.2, 0.25) is 0 Å². The van der Waals surface area contributed by atoms with E-state index < -0.39 is 0 Å². The number of carbonyl (C=O) groups excluding carboxylic acids is 1. The molecule has 0 radical (unpaired) electrons. The van der Waals surface area contributed by atoms with Crippen LogP contribution in [0.1, 0.15) is 47.2 Å². The van der Waals surface area contributed by atoms with Crippen LogP contribution >= 0.6 is 0 Å². The van der Waals surface area contributed by atoms with Crippen LogP contribution < -0.4 is 11.1 Å². The first-order valence-corrected chi connectivity index (χ1v) is 12.6. The predicted molar refractivity (Wildman–Crippen MR) is 137 cm³/mol. The Hall–Kier alpha value is -2.96. The van der Waals surface area contributed by atoms with E-state index in [9.17, 15) is 4.79 Å². The highest BCUT2D eigenvalue weighted by Crippen LogP contribution is 2.26. The first-order chi connectivity index (χ1) is 16.6. The minimum atomic E-state index is -0.0439. The summed E-state index contributed by atoms with van der Waals surface area (Å²) in [5, 5.41) is 5.03. The Morgan fingerprint density at radius 2 is 1.76 bits per heavy atom. The number of nitrogens with two attached hydrogens (primary N) is 1. The second kappa shape index (κ2) is 10.5. The fourth-order valence-corrected chi connectivity index (χ4v) is 5.40. The third-order valence-electron chi connectivity index (χ3n) is 7.36. The average Bonchev–Trinajstić information content (AvgIpc) is 3.37. The molecule has 1 aliphatic carbocycles. The third-order valence-corrected chi connectivity index (χ3v) is 7.36. The van der Waals surface area contributed by atoms with Gasteiger partial charge in [-0.3, -0.25) is 9.69 Å². The number of hydrogen-bond acceptors (Lipinski definition) is 5. The summed E-state index contributed by atoms with van der Waals surface area (Å²) in [6.07, 6.45) is 7.39. The van der Waals surface area contributed by atoms with Crippen molar-refractivity contribution in [1.82, 2.24) is 20.1 Å². The van der Waals surface area contributed by atoms with Crippen molar-refractivity contribution in [3.8, 4) is 0 Å². The number of piperazine rings is 1. The zero-order valence-corrected chi connectivity index (χ0v) is 19.9. The lowest BCUT2D eigenvalue weighted by Gasteiger charge is -2.36. The van der Waals surface area contributed by atoms with Gasteiger partial charge in [-0.15, -0.1) is 0 Å². The number of nitrogen functional groups attached to an aromatic ring is 1. The number of anilines is 1. The maximum atomic E-state index is 12.8. The van der Waals surface area contributed by atoms with Gasteiger partial charge in [0, 0.05) is 63.0 Å². The summed E-state index contributed by atoms with van der Waals surface area (Å²) in [6.45, 7) is 7.18. The summed E-state index contributed by atoms with van der Waals surface area (Å²) in [4.78, 5) is 22.1. The maximum Gasteiger partial charge on any atom is 0.251 e. The first kappa shape index (κ1) is 22.8. The lowest BCUT2D eigenvalue weighted by atomic mass is 10.1. The van der Waals surface area contributed by atoms with E-state index in [2.05, 4.69) is 32.2 Å². The topological polar surface area (TPSA) is 74.5 Å². The molecule has 1 aromatic heterocycles. The molecule has 1 saturated heterocycles. The molecule has 2 fully saturated rings. The molecule has 2 heterocycles. The molecular weight excluding hydrogens is 422 g/mol. The van der Waals surface area contributed by atoms with Crippen LogP contribution in [0.4, 0.5) is 5.82 Å². The summed E-state index contributed by atoms with van der Waals surface area (Å²) in [7, 11) is 0. The molecular formula is C28H35N5O. The zero-order valence-electron chi connectivity index (χ0n) is 19.9. The average molecular weight is 458 g/mol. The Morgan fingerprint density at radius 3 is 2.59 bits per heavy atom. The first-order valence-electron chi connectivity index (χ1n) is 12.6. The van der Waals surface area contributed by atoms with Crippen LogP contribution in [0.3, 0.4) is 0 Å². The number of fused-ring (bicyclic) bond motifs is 1. The lowest BCUT2D eigenvalue weighted by Crippen LogP contribution is -2.47. The largest absolute Gasteiger partial charge is 0.383 e. The molecule has 1 saturated carbocycles. The number of benzene rings is 2. The molecule has 0 bridgehead atoms. The molecule has 3 aromatic rings. The van der Waals surface area contributed by atoms with E-state index in [-0.39, 0.29) is 5.91 Å². The third kappa shape index (κ3) is 5.57. The van der Waals surface area contributed by atoms with E-state index >= 15 is 0 Å². The SMILES string of the molecule is Nc1nccc2cc(CNC(=O)c3cccc(CN4CCN(CC5CCCC5)CC4)c3)ccc12. The monoisotopic (exact) mass is 457 g/mol. The Bertz CT molecular complexity index is 1130. The van der Waals surface area contributed by atoms with Crippen molar-refractivity contribution in [3.05, 3.63) is 71.4 Å². The van der Waals surface area contributed by atoms with E-state index in [4.69, 9.17) is 5.73 Å². The van der Waals surface area contributed by atoms with Crippen molar-refractivity contribution >= 4 is 22.5 Å². The van der Waals surface area contributed by atoms with Gasteiger partial charge in [0.1, 0.15) is 5.82 Å². The summed E-state index contributed by atoms with van der Waals surface area (Å²) in [6, 6.07) is 16.0. The normalized spacial score (nSPS) is 17.9. The van der Waals surface area contributed by atoms with Gasteiger partial charge in [-0.2, -0.15) is 0 Å². The minimum absolute atomic E-state index is 0.0439. The van der Waals surface area contributed by atoms with Gasteiger partial charge in [0.15, 0.2) is 0 Å². The van der Waals surface area contributed by atoms with Crippen LogP contribution in [-0.2, 0) is 13.1 Å². The molecule has 1 amide bonds. The van der Waals surface area contributed by atoms with Crippen molar-refractivity contribution in [2.24, 2.45) is 5.92 Å². The Balaban J connectivity index is 1.13. The predicted octanol–water partition coefficient (Wildman–Crippen LogP) is 4.05. The van der Waals surface area contributed by atoms with Gasteiger partial charge in [0.25, 0.3) is 5.91 Å². The van der Waals surface area contributed by atoms with Crippen LogP contribution in [0.5, 0.6) is 0 Å². The molecule has 3 N–H and O–H groups in total. The number of carbonyl (C=O) groups is 1. The van der Waals surface area contributed by atoms with Crippen LogP contribution in [-0.4, -0.2) is 53.4 Å². The number of hydrogen-bond donors (Lipinski definition) is 2. The molecule has 0 atom stereocenters. The molecule has 6 nitrogen and oxygen atoms in total. The van der Waals surface area contributed by atoms with Crippen molar-refractivity contribution in [1.29, 1.82) is 0 Å². The van der Waals surface area contributed by atoms with E-state index in [0.29, 0.717) is 17.9 Å². The summed E-state index contributed by atoms with van der Waals surface area (Å²) >= 11 is 0. The van der Waals surface area contributed by atoms with Gasteiger partial charge >= 0.3 is 0 Å².